The number of rotatable bonds is 3. The fourth-order valence-electron chi connectivity index (χ4n) is 1.93. The number of ketones is 1. The van der Waals surface area contributed by atoms with E-state index in [4.69, 9.17) is 0 Å². The summed E-state index contributed by atoms with van der Waals surface area (Å²) in [5, 5.41) is 2.91. The Morgan fingerprint density at radius 2 is 2.13 bits per heavy atom. The molecule has 86 valence electrons. The van der Waals surface area contributed by atoms with Crippen LogP contribution in [0.1, 0.15) is 33.1 Å². The fraction of sp³-hybridized carbons (Fsp3) is 0.818. The van der Waals surface area contributed by atoms with Crippen molar-refractivity contribution >= 4 is 11.7 Å². The molecule has 0 aromatic heterocycles. The van der Waals surface area contributed by atoms with Crippen LogP contribution in [0.4, 0.5) is 0 Å². The van der Waals surface area contributed by atoms with Crippen LogP contribution in [0, 0.1) is 0 Å². The summed E-state index contributed by atoms with van der Waals surface area (Å²) in [6.07, 6.45) is 1.96. The van der Waals surface area contributed by atoms with Crippen LogP contribution in [0.5, 0.6) is 0 Å². The van der Waals surface area contributed by atoms with E-state index in [1.165, 1.54) is 6.92 Å². The Morgan fingerprint density at radius 3 is 2.67 bits per heavy atom. The van der Waals surface area contributed by atoms with Crippen LogP contribution in [0.3, 0.4) is 0 Å². The van der Waals surface area contributed by atoms with Crippen molar-refractivity contribution in [2.45, 2.75) is 45.2 Å². The average molecular weight is 212 g/mol. The van der Waals surface area contributed by atoms with E-state index in [0.717, 1.165) is 19.4 Å². The van der Waals surface area contributed by atoms with Gasteiger partial charge < -0.3 is 10.2 Å². The normalized spacial score (nSPS) is 27.4. The van der Waals surface area contributed by atoms with E-state index in [1.807, 2.05) is 0 Å². The van der Waals surface area contributed by atoms with Crippen LogP contribution >= 0.6 is 0 Å². The van der Waals surface area contributed by atoms with Gasteiger partial charge in [-0.15, -0.1) is 0 Å². The lowest BCUT2D eigenvalue weighted by Gasteiger charge is -2.35. The van der Waals surface area contributed by atoms with Gasteiger partial charge in [0.2, 0.25) is 5.91 Å². The zero-order chi connectivity index (χ0) is 11.4. The molecule has 1 aliphatic heterocycles. The second-order valence-corrected chi connectivity index (χ2v) is 4.50. The Labute approximate surface area is 91.0 Å². The second kappa shape index (κ2) is 5.26. The lowest BCUT2D eigenvalue weighted by atomic mass is 9.99. The molecule has 1 amide bonds. The van der Waals surface area contributed by atoms with Gasteiger partial charge in [0, 0.05) is 18.6 Å². The average Bonchev–Trinajstić information content (AvgIpc) is 2.10. The van der Waals surface area contributed by atoms with Crippen molar-refractivity contribution in [3.8, 4) is 0 Å². The van der Waals surface area contributed by atoms with Gasteiger partial charge in [-0.2, -0.15) is 0 Å². The molecule has 0 bridgehead atoms. The first kappa shape index (κ1) is 12.2. The molecule has 2 unspecified atom stereocenters. The van der Waals surface area contributed by atoms with E-state index < -0.39 is 0 Å². The number of piperidine rings is 1. The molecular formula is C11H20N2O2. The van der Waals surface area contributed by atoms with Gasteiger partial charge in [-0.05, 0) is 33.7 Å². The van der Waals surface area contributed by atoms with E-state index in [2.05, 4.69) is 24.2 Å². The van der Waals surface area contributed by atoms with Crippen molar-refractivity contribution in [3.05, 3.63) is 0 Å². The molecule has 1 rings (SSSR count). The van der Waals surface area contributed by atoms with Gasteiger partial charge in [0.1, 0.15) is 5.78 Å². The van der Waals surface area contributed by atoms with E-state index >= 15 is 0 Å². The van der Waals surface area contributed by atoms with Crippen LogP contribution in [0.25, 0.3) is 0 Å². The Balaban J connectivity index is 2.33. The maximum absolute atomic E-state index is 11.4. The van der Waals surface area contributed by atoms with Crippen LogP contribution in [-0.2, 0) is 9.59 Å². The standard InChI is InChI=1S/C11H20N2O2/c1-8-6-10(4-5-13(8)3)12-11(15)7-9(2)14/h8,10H,4-7H2,1-3H3,(H,12,15). The number of carbonyl (C=O) groups excluding carboxylic acids is 2. The predicted octanol–water partition coefficient (Wildman–Crippen LogP) is 0.564. The molecule has 0 aromatic carbocycles. The van der Waals surface area contributed by atoms with Gasteiger partial charge in [-0.1, -0.05) is 0 Å². The largest absolute Gasteiger partial charge is 0.353 e. The van der Waals surface area contributed by atoms with Crippen molar-refractivity contribution in [2.75, 3.05) is 13.6 Å². The summed E-state index contributed by atoms with van der Waals surface area (Å²) in [5.41, 5.74) is 0. The molecular weight excluding hydrogens is 192 g/mol. The number of Topliss-reactive ketones (excluding diaryl/α,β-unsaturated/α-hetero) is 1. The molecule has 0 radical (unpaired) electrons. The Hall–Kier alpha value is -0.900. The molecule has 1 aliphatic rings. The van der Waals surface area contributed by atoms with Gasteiger partial charge >= 0.3 is 0 Å². The topological polar surface area (TPSA) is 49.4 Å². The molecule has 4 heteroatoms. The quantitative estimate of drug-likeness (QED) is 0.696. The van der Waals surface area contributed by atoms with Crippen molar-refractivity contribution in [1.82, 2.24) is 10.2 Å². The molecule has 0 saturated carbocycles. The molecule has 4 nitrogen and oxygen atoms in total. The third-order valence-corrected chi connectivity index (χ3v) is 2.98. The Bertz CT molecular complexity index is 253. The number of hydrogen-bond acceptors (Lipinski definition) is 3. The summed E-state index contributed by atoms with van der Waals surface area (Å²) in [6, 6.07) is 0.740. The molecule has 1 N–H and O–H groups in total. The van der Waals surface area contributed by atoms with E-state index in [-0.39, 0.29) is 24.2 Å². The minimum atomic E-state index is -0.135. The molecule has 15 heavy (non-hydrogen) atoms. The van der Waals surface area contributed by atoms with E-state index in [1.54, 1.807) is 0 Å². The van der Waals surface area contributed by atoms with Crippen LogP contribution in [0.15, 0.2) is 0 Å². The third kappa shape index (κ3) is 4.00. The van der Waals surface area contributed by atoms with Gasteiger partial charge in [-0.3, -0.25) is 9.59 Å². The Morgan fingerprint density at radius 1 is 1.47 bits per heavy atom. The summed E-state index contributed by atoms with van der Waals surface area (Å²) in [6.45, 7) is 4.60. The predicted molar refractivity (Wildman–Crippen MR) is 58.6 cm³/mol. The van der Waals surface area contributed by atoms with E-state index in [0.29, 0.717) is 6.04 Å². The fourth-order valence-corrected chi connectivity index (χ4v) is 1.93. The molecule has 2 atom stereocenters. The molecule has 1 heterocycles. The number of carbonyl (C=O) groups is 2. The zero-order valence-corrected chi connectivity index (χ0v) is 9.75. The highest BCUT2D eigenvalue weighted by Gasteiger charge is 2.23. The maximum Gasteiger partial charge on any atom is 0.227 e. The molecule has 0 aliphatic carbocycles. The molecule has 0 spiro atoms. The van der Waals surface area contributed by atoms with Gasteiger partial charge in [-0.25, -0.2) is 0 Å². The lowest BCUT2D eigenvalue weighted by molar-refractivity contribution is -0.127. The summed E-state index contributed by atoms with van der Waals surface area (Å²) in [7, 11) is 2.10. The van der Waals surface area contributed by atoms with Crippen molar-refractivity contribution < 1.29 is 9.59 Å². The first-order valence-corrected chi connectivity index (χ1v) is 5.48. The molecule has 0 aromatic rings. The summed E-state index contributed by atoms with van der Waals surface area (Å²) < 4.78 is 0. The smallest absolute Gasteiger partial charge is 0.227 e. The van der Waals surface area contributed by atoms with Crippen molar-refractivity contribution in [2.24, 2.45) is 0 Å². The van der Waals surface area contributed by atoms with Crippen LogP contribution < -0.4 is 5.32 Å². The third-order valence-electron chi connectivity index (χ3n) is 2.98. The Kier molecular flexibility index (Phi) is 4.27. The van der Waals surface area contributed by atoms with Crippen molar-refractivity contribution in [1.29, 1.82) is 0 Å². The van der Waals surface area contributed by atoms with Gasteiger partial charge in [0.15, 0.2) is 0 Å². The lowest BCUT2D eigenvalue weighted by Crippen LogP contribution is -2.47. The van der Waals surface area contributed by atoms with Crippen molar-refractivity contribution in [3.63, 3.8) is 0 Å². The highest BCUT2D eigenvalue weighted by Crippen LogP contribution is 2.15. The number of hydrogen-bond donors (Lipinski definition) is 1. The highest BCUT2D eigenvalue weighted by atomic mass is 16.2. The maximum atomic E-state index is 11.4. The number of amides is 1. The van der Waals surface area contributed by atoms with E-state index in [9.17, 15) is 9.59 Å². The molecule has 1 fully saturated rings. The first-order valence-electron chi connectivity index (χ1n) is 5.48. The summed E-state index contributed by atoms with van der Waals surface area (Å²) in [4.78, 5) is 24.4. The molecule has 1 saturated heterocycles. The van der Waals surface area contributed by atoms with Crippen LogP contribution in [-0.4, -0.2) is 42.3 Å². The number of nitrogens with zero attached hydrogens (tertiary/aromatic N) is 1. The number of likely N-dealkylation sites (tertiary alicyclic amines) is 1. The number of nitrogens with one attached hydrogen (secondary N) is 1. The second-order valence-electron chi connectivity index (χ2n) is 4.50. The highest BCUT2D eigenvalue weighted by molar-refractivity contribution is 5.96. The van der Waals surface area contributed by atoms with Crippen LogP contribution in [0.2, 0.25) is 0 Å². The van der Waals surface area contributed by atoms with Gasteiger partial charge in [0.05, 0.1) is 6.42 Å². The minimum Gasteiger partial charge on any atom is -0.353 e. The minimum absolute atomic E-state index is 0.0146. The first-order chi connectivity index (χ1) is 6.99. The summed E-state index contributed by atoms with van der Waals surface area (Å²) >= 11 is 0. The zero-order valence-electron chi connectivity index (χ0n) is 9.75. The monoisotopic (exact) mass is 212 g/mol. The summed E-state index contributed by atoms with van der Waals surface area (Å²) in [5.74, 6) is -0.210. The SMILES string of the molecule is CC(=O)CC(=O)NC1CCN(C)C(C)C1. The van der Waals surface area contributed by atoms with Gasteiger partial charge in [0.25, 0.3) is 0 Å².